The zero-order chi connectivity index (χ0) is 13.4. The van der Waals surface area contributed by atoms with Crippen LogP contribution in [0.3, 0.4) is 0 Å². The second kappa shape index (κ2) is 8.13. The molecule has 0 unspecified atom stereocenters. The van der Waals surface area contributed by atoms with Crippen LogP contribution < -0.4 is 5.73 Å². The van der Waals surface area contributed by atoms with Gasteiger partial charge in [-0.05, 0) is 58.4 Å². The predicted octanol–water partition coefficient (Wildman–Crippen LogP) is 2.31. The third-order valence-electron chi connectivity index (χ3n) is 4.54. The maximum atomic E-state index is 6.15. The number of likely N-dealkylation sites (N-methyl/N-ethyl adjacent to an activating group) is 1. The minimum absolute atomic E-state index is 0.286. The number of nitrogens with zero attached hydrogens (tertiary/aromatic N) is 2. The summed E-state index contributed by atoms with van der Waals surface area (Å²) in [7, 11) is 0. The lowest BCUT2D eigenvalue weighted by atomic mass is 9.85. The first-order valence-electron chi connectivity index (χ1n) is 7.89. The monoisotopic (exact) mass is 255 g/mol. The average molecular weight is 255 g/mol. The molecule has 1 fully saturated rings. The first-order valence-corrected chi connectivity index (χ1v) is 7.89. The lowest BCUT2D eigenvalue weighted by Gasteiger charge is -2.48. The highest BCUT2D eigenvalue weighted by Gasteiger charge is 2.37. The summed E-state index contributed by atoms with van der Waals surface area (Å²) in [5.41, 5.74) is 6.43. The van der Waals surface area contributed by atoms with E-state index >= 15 is 0 Å². The van der Waals surface area contributed by atoms with Gasteiger partial charge in [0, 0.05) is 12.1 Å². The zero-order valence-electron chi connectivity index (χ0n) is 12.7. The zero-order valence-corrected chi connectivity index (χ0v) is 12.7. The molecular formula is C15H33N3. The number of nitrogens with two attached hydrogens (primary N) is 1. The fourth-order valence-corrected chi connectivity index (χ4v) is 3.24. The molecule has 3 heteroatoms. The first kappa shape index (κ1) is 15.9. The van der Waals surface area contributed by atoms with Gasteiger partial charge in [0.1, 0.15) is 0 Å². The summed E-state index contributed by atoms with van der Waals surface area (Å²) in [5, 5.41) is 0. The Bertz CT molecular complexity index is 210. The van der Waals surface area contributed by atoms with E-state index < -0.39 is 0 Å². The van der Waals surface area contributed by atoms with Crippen LogP contribution in [-0.2, 0) is 0 Å². The smallest absolute Gasteiger partial charge is 0.0355 e. The number of unbranched alkanes of at least 4 members (excludes halogenated alkanes) is 1. The van der Waals surface area contributed by atoms with Gasteiger partial charge in [-0.2, -0.15) is 0 Å². The van der Waals surface area contributed by atoms with Crippen LogP contribution in [0.2, 0.25) is 0 Å². The molecular weight excluding hydrogens is 222 g/mol. The van der Waals surface area contributed by atoms with Crippen LogP contribution in [0, 0.1) is 0 Å². The Balaban J connectivity index is 2.57. The van der Waals surface area contributed by atoms with Gasteiger partial charge in [0.25, 0.3) is 0 Å². The average Bonchev–Trinajstić information content (AvgIpc) is 2.42. The summed E-state index contributed by atoms with van der Waals surface area (Å²) >= 11 is 0. The fraction of sp³-hybridized carbons (Fsp3) is 1.00. The molecule has 0 spiro atoms. The normalized spacial score (nSPS) is 20.5. The standard InChI is InChI=1S/C15H33N3/c1-4-7-11-18(6-3)15(14-16)8-12-17(10-5-2)13-9-15/h4-14,16H2,1-3H3. The SMILES string of the molecule is CCCCN(CC)C1(CN)CCN(CCC)CC1. The van der Waals surface area contributed by atoms with Crippen LogP contribution in [-0.4, -0.2) is 54.6 Å². The number of rotatable bonds is 8. The van der Waals surface area contributed by atoms with E-state index in [-0.39, 0.29) is 5.54 Å². The van der Waals surface area contributed by atoms with Crippen molar-refractivity contribution < 1.29 is 0 Å². The summed E-state index contributed by atoms with van der Waals surface area (Å²) in [5.74, 6) is 0. The maximum Gasteiger partial charge on any atom is 0.0355 e. The lowest BCUT2D eigenvalue weighted by Crippen LogP contribution is -2.59. The van der Waals surface area contributed by atoms with Gasteiger partial charge in [0.05, 0.1) is 0 Å². The summed E-state index contributed by atoms with van der Waals surface area (Å²) in [6, 6.07) is 0. The van der Waals surface area contributed by atoms with Gasteiger partial charge in [-0.1, -0.05) is 27.2 Å². The molecule has 1 heterocycles. The van der Waals surface area contributed by atoms with E-state index in [4.69, 9.17) is 5.73 Å². The number of hydrogen-bond acceptors (Lipinski definition) is 3. The molecule has 0 aromatic rings. The molecule has 0 aromatic carbocycles. The van der Waals surface area contributed by atoms with E-state index in [0.717, 1.165) is 13.1 Å². The highest BCUT2D eigenvalue weighted by atomic mass is 15.2. The van der Waals surface area contributed by atoms with Gasteiger partial charge < -0.3 is 10.6 Å². The number of hydrogen-bond donors (Lipinski definition) is 1. The third-order valence-corrected chi connectivity index (χ3v) is 4.54. The Hall–Kier alpha value is -0.120. The Labute approximate surface area is 114 Å². The van der Waals surface area contributed by atoms with Crippen molar-refractivity contribution in [3.8, 4) is 0 Å². The van der Waals surface area contributed by atoms with Gasteiger partial charge >= 0.3 is 0 Å². The highest BCUT2D eigenvalue weighted by molar-refractivity contribution is 4.96. The van der Waals surface area contributed by atoms with E-state index in [1.54, 1.807) is 0 Å². The Morgan fingerprint density at radius 3 is 2.22 bits per heavy atom. The van der Waals surface area contributed by atoms with Crippen LogP contribution in [0.25, 0.3) is 0 Å². The summed E-state index contributed by atoms with van der Waals surface area (Å²) < 4.78 is 0. The number of piperidine rings is 1. The van der Waals surface area contributed by atoms with Crippen LogP contribution >= 0.6 is 0 Å². The van der Waals surface area contributed by atoms with Crippen LogP contribution in [0.4, 0.5) is 0 Å². The molecule has 1 rings (SSSR count). The van der Waals surface area contributed by atoms with Crippen molar-refractivity contribution in [2.45, 2.75) is 58.4 Å². The molecule has 108 valence electrons. The van der Waals surface area contributed by atoms with Crippen LogP contribution in [0.1, 0.15) is 52.9 Å². The van der Waals surface area contributed by atoms with Crippen LogP contribution in [0.15, 0.2) is 0 Å². The maximum absolute atomic E-state index is 6.15. The molecule has 0 amide bonds. The molecule has 0 saturated carbocycles. The van der Waals surface area contributed by atoms with E-state index in [1.807, 2.05) is 0 Å². The van der Waals surface area contributed by atoms with Crippen molar-refractivity contribution in [2.75, 3.05) is 39.3 Å². The Morgan fingerprint density at radius 1 is 1.11 bits per heavy atom. The van der Waals surface area contributed by atoms with Gasteiger partial charge in [-0.25, -0.2) is 0 Å². The molecule has 1 saturated heterocycles. The van der Waals surface area contributed by atoms with Gasteiger partial charge in [0.2, 0.25) is 0 Å². The van der Waals surface area contributed by atoms with Crippen molar-refractivity contribution in [1.29, 1.82) is 0 Å². The van der Waals surface area contributed by atoms with Crippen molar-refractivity contribution in [1.82, 2.24) is 9.80 Å². The first-order chi connectivity index (χ1) is 8.72. The van der Waals surface area contributed by atoms with Gasteiger partial charge in [0.15, 0.2) is 0 Å². The molecule has 2 N–H and O–H groups in total. The molecule has 0 radical (unpaired) electrons. The van der Waals surface area contributed by atoms with E-state index in [0.29, 0.717) is 0 Å². The summed E-state index contributed by atoms with van der Waals surface area (Å²) in [6.45, 7) is 13.7. The van der Waals surface area contributed by atoms with Gasteiger partial charge in [-0.15, -0.1) is 0 Å². The molecule has 1 aliphatic rings. The van der Waals surface area contributed by atoms with E-state index in [2.05, 4.69) is 30.6 Å². The molecule has 0 bridgehead atoms. The number of likely N-dealkylation sites (tertiary alicyclic amines) is 1. The van der Waals surface area contributed by atoms with Crippen LogP contribution in [0.5, 0.6) is 0 Å². The molecule has 0 aliphatic carbocycles. The predicted molar refractivity (Wildman–Crippen MR) is 79.9 cm³/mol. The quantitative estimate of drug-likeness (QED) is 0.722. The molecule has 0 atom stereocenters. The summed E-state index contributed by atoms with van der Waals surface area (Å²) in [4.78, 5) is 5.25. The van der Waals surface area contributed by atoms with Gasteiger partial charge in [-0.3, -0.25) is 4.90 Å². The molecule has 18 heavy (non-hydrogen) atoms. The summed E-state index contributed by atoms with van der Waals surface area (Å²) in [6.07, 6.45) is 6.35. The highest BCUT2D eigenvalue weighted by Crippen LogP contribution is 2.28. The van der Waals surface area contributed by atoms with Crippen molar-refractivity contribution in [3.05, 3.63) is 0 Å². The van der Waals surface area contributed by atoms with Crippen molar-refractivity contribution in [3.63, 3.8) is 0 Å². The Kier molecular flexibility index (Phi) is 7.20. The third kappa shape index (κ3) is 3.94. The fourth-order valence-electron chi connectivity index (χ4n) is 3.24. The second-order valence-electron chi connectivity index (χ2n) is 5.70. The lowest BCUT2D eigenvalue weighted by molar-refractivity contribution is 0.0293. The minimum Gasteiger partial charge on any atom is -0.329 e. The minimum atomic E-state index is 0.286. The van der Waals surface area contributed by atoms with Crippen molar-refractivity contribution >= 4 is 0 Å². The molecule has 1 aliphatic heterocycles. The topological polar surface area (TPSA) is 32.5 Å². The van der Waals surface area contributed by atoms with E-state index in [1.165, 1.54) is 58.3 Å². The molecule has 3 nitrogen and oxygen atoms in total. The Morgan fingerprint density at radius 2 is 1.78 bits per heavy atom. The molecule has 0 aromatic heterocycles. The second-order valence-corrected chi connectivity index (χ2v) is 5.70. The van der Waals surface area contributed by atoms with Crippen molar-refractivity contribution in [2.24, 2.45) is 5.73 Å². The van der Waals surface area contributed by atoms with E-state index in [9.17, 15) is 0 Å². The largest absolute Gasteiger partial charge is 0.329 e.